The number of nitrogens with one attached hydrogen (secondary N) is 1. The Morgan fingerprint density at radius 2 is 1.56 bits per heavy atom. The van der Waals surface area contributed by atoms with Crippen LogP contribution in [-0.4, -0.2) is 65.1 Å². The number of rotatable bonds is 13. The van der Waals surface area contributed by atoms with Crippen LogP contribution in [0.2, 0.25) is 0 Å². The van der Waals surface area contributed by atoms with Crippen molar-refractivity contribution < 1.29 is 32.2 Å². The van der Waals surface area contributed by atoms with Gasteiger partial charge in [0.25, 0.3) is 10.0 Å². The monoisotopic (exact) mass is 609 g/mol. The van der Waals surface area contributed by atoms with Crippen LogP contribution in [0, 0.1) is 0 Å². The van der Waals surface area contributed by atoms with Crippen LogP contribution in [0.1, 0.15) is 38.2 Å². The van der Waals surface area contributed by atoms with Gasteiger partial charge >= 0.3 is 0 Å². The molecule has 0 aromatic heterocycles. The van der Waals surface area contributed by atoms with Gasteiger partial charge in [0.05, 0.1) is 31.9 Å². The standard InChI is InChI=1S/C32H39N3O7S/c1-23(32(37)33-25-11-5-6-12-25)34(21-24-10-9-13-27(20-24)41-3)31(36)22-35(29-14-7-8-15-30(29)42-4)43(38,39)28-18-16-26(40-2)17-19-28/h7-10,13-20,23,25H,5-6,11-12,21-22H2,1-4H3,(H,33,37)/t23-/m0/s1. The van der Waals surface area contributed by atoms with Crippen molar-refractivity contribution in [2.75, 3.05) is 32.2 Å². The van der Waals surface area contributed by atoms with Gasteiger partial charge in [-0.05, 0) is 73.9 Å². The summed E-state index contributed by atoms with van der Waals surface area (Å²) in [6, 6.07) is 18.9. The molecule has 0 heterocycles. The maximum absolute atomic E-state index is 14.2. The summed E-state index contributed by atoms with van der Waals surface area (Å²) < 4.78 is 45.3. The number of ether oxygens (including phenoxy) is 3. The molecule has 2 amide bonds. The maximum atomic E-state index is 14.2. The lowest BCUT2D eigenvalue weighted by molar-refractivity contribution is -0.139. The molecule has 1 atom stereocenters. The van der Waals surface area contributed by atoms with Crippen LogP contribution < -0.4 is 23.8 Å². The zero-order valence-electron chi connectivity index (χ0n) is 25.0. The molecule has 0 aliphatic heterocycles. The highest BCUT2D eigenvalue weighted by molar-refractivity contribution is 7.92. The Balaban J connectivity index is 1.72. The summed E-state index contributed by atoms with van der Waals surface area (Å²) in [7, 11) is 0.216. The van der Waals surface area contributed by atoms with Crippen LogP contribution >= 0.6 is 0 Å². The van der Waals surface area contributed by atoms with Gasteiger partial charge in [0, 0.05) is 12.6 Å². The van der Waals surface area contributed by atoms with Gasteiger partial charge in [0.15, 0.2) is 0 Å². The SMILES string of the molecule is COc1ccc(S(=O)(=O)N(CC(=O)N(Cc2cccc(OC)c2)[C@@H](C)C(=O)NC2CCCC2)c2ccccc2OC)cc1. The molecule has 0 spiro atoms. The molecule has 0 radical (unpaired) electrons. The van der Waals surface area contributed by atoms with Crippen molar-refractivity contribution in [2.24, 2.45) is 0 Å². The number of amides is 2. The summed E-state index contributed by atoms with van der Waals surface area (Å²) >= 11 is 0. The van der Waals surface area contributed by atoms with Gasteiger partial charge in [-0.3, -0.25) is 13.9 Å². The summed E-state index contributed by atoms with van der Waals surface area (Å²) in [6.07, 6.45) is 3.87. The summed E-state index contributed by atoms with van der Waals surface area (Å²) in [4.78, 5) is 29.0. The third-order valence-electron chi connectivity index (χ3n) is 7.64. The number of nitrogens with zero attached hydrogens (tertiary/aromatic N) is 2. The molecule has 3 aromatic rings. The third-order valence-corrected chi connectivity index (χ3v) is 9.41. The fraction of sp³-hybridized carbons (Fsp3) is 0.375. The first kappa shape index (κ1) is 31.7. The van der Waals surface area contributed by atoms with Gasteiger partial charge in [-0.15, -0.1) is 0 Å². The number of carbonyl (C=O) groups is 2. The lowest BCUT2D eigenvalue weighted by Crippen LogP contribution is -2.52. The Morgan fingerprint density at radius 1 is 0.884 bits per heavy atom. The molecule has 3 aromatic carbocycles. The second-order valence-electron chi connectivity index (χ2n) is 10.4. The van der Waals surface area contributed by atoms with Crippen LogP contribution in [0.25, 0.3) is 0 Å². The second kappa shape index (κ2) is 14.3. The molecule has 1 aliphatic carbocycles. The number of hydrogen-bond donors (Lipinski definition) is 1. The zero-order chi connectivity index (χ0) is 31.0. The molecule has 0 bridgehead atoms. The van der Waals surface area contributed by atoms with Crippen molar-refractivity contribution in [1.29, 1.82) is 0 Å². The van der Waals surface area contributed by atoms with Gasteiger partial charge in [-0.1, -0.05) is 37.1 Å². The van der Waals surface area contributed by atoms with E-state index in [0.717, 1.165) is 35.6 Å². The highest BCUT2D eigenvalue weighted by Gasteiger charge is 2.34. The quantitative estimate of drug-likeness (QED) is 0.306. The number of hydrogen-bond acceptors (Lipinski definition) is 7. The van der Waals surface area contributed by atoms with E-state index in [9.17, 15) is 18.0 Å². The van der Waals surface area contributed by atoms with E-state index in [-0.39, 0.29) is 34.8 Å². The molecule has 1 aliphatic rings. The summed E-state index contributed by atoms with van der Waals surface area (Å²) in [6.45, 7) is 1.16. The molecule has 4 rings (SSSR count). The van der Waals surface area contributed by atoms with Gasteiger partial charge in [-0.2, -0.15) is 0 Å². The van der Waals surface area contributed by atoms with E-state index >= 15 is 0 Å². The lowest BCUT2D eigenvalue weighted by atomic mass is 10.1. The van der Waals surface area contributed by atoms with E-state index in [1.165, 1.54) is 31.3 Å². The zero-order valence-corrected chi connectivity index (χ0v) is 25.8. The van der Waals surface area contributed by atoms with E-state index in [4.69, 9.17) is 14.2 Å². The second-order valence-corrected chi connectivity index (χ2v) is 12.3. The van der Waals surface area contributed by atoms with E-state index in [0.29, 0.717) is 11.5 Å². The van der Waals surface area contributed by atoms with Crippen LogP contribution in [0.5, 0.6) is 17.2 Å². The Morgan fingerprint density at radius 3 is 2.21 bits per heavy atom. The molecule has 10 nitrogen and oxygen atoms in total. The van der Waals surface area contributed by atoms with Crippen molar-refractivity contribution in [1.82, 2.24) is 10.2 Å². The first-order valence-corrected chi connectivity index (χ1v) is 15.6. The average molecular weight is 610 g/mol. The minimum absolute atomic E-state index is 0.0293. The average Bonchev–Trinajstić information content (AvgIpc) is 3.55. The van der Waals surface area contributed by atoms with Crippen molar-refractivity contribution >= 4 is 27.5 Å². The third kappa shape index (κ3) is 7.59. The van der Waals surface area contributed by atoms with Crippen molar-refractivity contribution in [3.63, 3.8) is 0 Å². The lowest BCUT2D eigenvalue weighted by Gasteiger charge is -2.33. The molecular formula is C32H39N3O7S. The van der Waals surface area contributed by atoms with Crippen LogP contribution in [0.4, 0.5) is 5.69 Å². The van der Waals surface area contributed by atoms with E-state index in [1.54, 1.807) is 68.6 Å². The Bertz CT molecular complexity index is 1510. The number of para-hydroxylation sites is 2. The summed E-state index contributed by atoms with van der Waals surface area (Å²) in [5, 5.41) is 3.07. The van der Waals surface area contributed by atoms with Crippen molar-refractivity contribution in [2.45, 2.75) is 56.1 Å². The molecule has 1 N–H and O–H groups in total. The predicted molar refractivity (Wildman–Crippen MR) is 164 cm³/mol. The number of methoxy groups -OCH3 is 3. The first-order valence-electron chi connectivity index (χ1n) is 14.2. The molecular weight excluding hydrogens is 570 g/mol. The highest BCUT2D eigenvalue weighted by atomic mass is 32.2. The van der Waals surface area contributed by atoms with E-state index in [2.05, 4.69) is 5.32 Å². The van der Waals surface area contributed by atoms with Crippen molar-refractivity contribution in [3.8, 4) is 17.2 Å². The Hall–Kier alpha value is -4.25. The minimum atomic E-state index is -4.26. The smallest absolute Gasteiger partial charge is 0.264 e. The molecule has 1 saturated carbocycles. The van der Waals surface area contributed by atoms with E-state index < -0.39 is 28.5 Å². The summed E-state index contributed by atoms with van der Waals surface area (Å²) in [5.74, 6) is 0.528. The Labute approximate surface area is 253 Å². The molecule has 0 saturated heterocycles. The van der Waals surface area contributed by atoms with Crippen LogP contribution in [0.3, 0.4) is 0 Å². The molecule has 43 heavy (non-hydrogen) atoms. The van der Waals surface area contributed by atoms with Gasteiger partial charge < -0.3 is 24.4 Å². The summed E-state index contributed by atoms with van der Waals surface area (Å²) in [5.41, 5.74) is 0.925. The fourth-order valence-corrected chi connectivity index (χ4v) is 6.59. The molecule has 11 heteroatoms. The maximum Gasteiger partial charge on any atom is 0.264 e. The van der Waals surface area contributed by atoms with Gasteiger partial charge in [-0.25, -0.2) is 8.42 Å². The normalized spacial score (nSPS) is 14.0. The van der Waals surface area contributed by atoms with Gasteiger partial charge in [0.1, 0.15) is 29.8 Å². The fourth-order valence-electron chi connectivity index (χ4n) is 5.17. The van der Waals surface area contributed by atoms with Gasteiger partial charge in [0.2, 0.25) is 11.8 Å². The minimum Gasteiger partial charge on any atom is -0.497 e. The topological polar surface area (TPSA) is 114 Å². The molecule has 0 unspecified atom stereocenters. The van der Waals surface area contributed by atoms with Crippen LogP contribution in [-0.2, 0) is 26.2 Å². The van der Waals surface area contributed by atoms with E-state index in [1.807, 2.05) is 6.07 Å². The largest absolute Gasteiger partial charge is 0.497 e. The number of anilines is 1. The number of benzene rings is 3. The molecule has 1 fully saturated rings. The molecule has 230 valence electrons. The number of carbonyl (C=O) groups excluding carboxylic acids is 2. The van der Waals surface area contributed by atoms with Crippen LogP contribution in [0.15, 0.2) is 77.7 Å². The Kier molecular flexibility index (Phi) is 10.5. The predicted octanol–water partition coefficient (Wildman–Crippen LogP) is 4.38. The highest BCUT2D eigenvalue weighted by Crippen LogP contribution is 2.33. The number of sulfonamides is 1. The van der Waals surface area contributed by atoms with Crippen molar-refractivity contribution in [3.05, 3.63) is 78.4 Å². The first-order chi connectivity index (χ1) is 20.7.